The molecule has 0 aromatic rings. The summed E-state index contributed by atoms with van der Waals surface area (Å²) >= 11 is 0. The maximum atomic E-state index is 10.2. The van der Waals surface area contributed by atoms with Crippen LogP contribution in [0.3, 0.4) is 0 Å². The number of carbonyl (C=O) groups is 1. The van der Waals surface area contributed by atoms with Gasteiger partial charge < -0.3 is 5.11 Å². The third-order valence-electron chi connectivity index (χ3n) is 1.25. The minimum Gasteiger partial charge on any atom is -0.481 e. The Hall–Kier alpha value is -0.0105. The molecule has 0 aliphatic heterocycles. The minimum absolute atomic E-state index is 0. The topological polar surface area (TPSA) is 37.3 Å². The zero-order valence-electron chi connectivity index (χ0n) is 6.52. The van der Waals surface area contributed by atoms with Crippen LogP contribution in [-0.4, -0.2) is 11.1 Å². The summed E-state index contributed by atoms with van der Waals surface area (Å²) in [7, 11) is 0. The Morgan fingerprint density at radius 2 is 1.80 bits per heavy atom. The molecule has 0 saturated carbocycles. The zero-order valence-corrected chi connectivity index (χ0v) is 7.46. The summed E-state index contributed by atoms with van der Waals surface area (Å²) in [6, 6.07) is 0. The molecular weight excluding hydrogens is 180 g/mol. The molecule has 1 N–H and O–H groups in total. The molecular formula is C7H14CuO2. The van der Waals surface area contributed by atoms with Gasteiger partial charge in [0.2, 0.25) is 0 Å². The van der Waals surface area contributed by atoms with Crippen LogP contribution in [-0.2, 0) is 21.9 Å². The smallest absolute Gasteiger partial charge is 0.306 e. The van der Waals surface area contributed by atoms with E-state index in [2.05, 4.69) is 0 Å². The van der Waals surface area contributed by atoms with Crippen molar-refractivity contribution in [2.24, 2.45) is 11.8 Å². The number of aliphatic carboxylic acids is 1. The van der Waals surface area contributed by atoms with E-state index in [-0.39, 0.29) is 23.0 Å². The van der Waals surface area contributed by atoms with Crippen LogP contribution in [0, 0.1) is 11.8 Å². The van der Waals surface area contributed by atoms with Gasteiger partial charge in [0.05, 0.1) is 5.92 Å². The Morgan fingerprint density at radius 1 is 1.40 bits per heavy atom. The molecule has 0 saturated heterocycles. The van der Waals surface area contributed by atoms with E-state index >= 15 is 0 Å². The van der Waals surface area contributed by atoms with Crippen LogP contribution in [0.25, 0.3) is 0 Å². The summed E-state index contributed by atoms with van der Waals surface area (Å²) in [4.78, 5) is 10.2. The molecule has 65 valence electrons. The Balaban J connectivity index is 0. The van der Waals surface area contributed by atoms with Gasteiger partial charge in [0.15, 0.2) is 0 Å². The fourth-order valence-corrected chi connectivity index (χ4v) is 0.808. The van der Waals surface area contributed by atoms with Crippen molar-refractivity contribution < 1.29 is 27.0 Å². The van der Waals surface area contributed by atoms with Crippen LogP contribution in [0.2, 0.25) is 0 Å². The molecule has 2 nitrogen and oxygen atoms in total. The van der Waals surface area contributed by atoms with Gasteiger partial charge in [0, 0.05) is 17.1 Å². The van der Waals surface area contributed by atoms with Crippen molar-refractivity contribution in [1.29, 1.82) is 0 Å². The van der Waals surface area contributed by atoms with E-state index in [9.17, 15) is 4.79 Å². The van der Waals surface area contributed by atoms with Crippen LogP contribution in [0.1, 0.15) is 27.2 Å². The number of hydrogen-bond acceptors (Lipinski definition) is 1. The molecule has 1 radical (unpaired) electrons. The zero-order chi connectivity index (χ0) is 7.44. The van der Waals surface area contributed by atoms with Gasteiger partial charge in [-0.05, 0) is 12.3 Å². The van der Waals surface area contributed by atoms with Crippen molar-refractivity contribution in [2.75, 3.05) is 0 Å². The second-order valence-electron chi connectivity index (χ2n) is 2.87. The van der Waals surface area contributed by atoms with Gasteiger partial charge in [-0.2, -0.15) is 0 Å². The third-order valence-corrected chi connectivity index (χ3v) is 1.25. The van der Waals surface area contributed by atoms with Crippen LogP contribution in [0.15, 0.2) is 0 Å². The number of rotatable bonds is 3. The summed E-state index contributed by atoms with van der Waals surface area (Å²) < 4.78 is 0. The second kappa shape index (κ2) is 5.75. The maximum Gasteiger partial charge on any atom is 0.306 e. The molecule has 1 atom stereocenters. The predicted molar refractivity (Wildman–Crippen MR) is 36.3 cm³/mol. The van der Waals surface area contributed by atoms with Gasteiger partial charge in [0.1, 0.15) is 0 Å². The molecule has 10 heavy (non-hydrogen) atoms. The van der Waals surface area contributed by atoms with Crippen LogP contribution >= 0.6 is 0 Å². The number of carboxylic acid groups (broad SMARTS) is 1. The van der Waals surface area contributed by atoms with Crippen molar-refractivity contribution in [1.82, 2.24) is 0 Å². The van der Waals surface area contributed by atoms with Crippen molar-refractivity contribution in [2.45, 2.75) is 27.2 Å². The number of hydrogen-bond donors (Lipinski definition) is 1. The molecule has 0 bridgehead atoms. The van der Waals surface area contributed by atoms with Gasteiger partial charge in [-0.3, -0.25) is 4.79 Å². The second-order valence-corrected chi connectivity index (χ2v) is 2.87. The molecule has 0 aliphatic carbocycles. The van der Waals surface area contributed by atoms with Crippen LogP contribution < -0.4 is 0 Å². The summed E-state index contributed by atoms with van der Waals surface area (Å²) in [5.74, 6) is -0.398. The minimum atomic E-state index is -0.691. The third kappa shape index (κ3) is 6.11. The van der Waals surface area contributed by atoms with E-state index in [1.54, 1.807) is 6.92 Å². The first-order chi connectivity index (χ1) is 4.04. The quantitative estimate of drug-likeness (QED) is 0.694. The van der Waals surface area contributed by atoms with E-state index in [0.717, 1.165) is 6.42 Å². The van der Waals surface area contributed by atoms with Gasteiger partial charge >= 0.3 is 5.97 Å². The maximum absolute atomic E-state index is 10.2. The van der Waals surface area contributed by atoms with Gasteiger partial charge in [0.25, 0.3) is 0 Å². The van der Waals surface area contributed by atoms with E-state index < -0.39 is 5.97 Å². The molecule has 0 rings (SSSR count). The Morgan fingerprint density at radius 3 is 1.90 bits per heavy atom. The molecule has 0 aliphatic rings. The molecule has 0 heterocycles. The summed E-state index contributed by atoms with van der Waals surface area (Å²) in [5, 5.41) is 8.43. The monoisotopic (exact) mass is 193 g/mol. The van der Waals surface area contributed by atoms with E-state index in [4.69, 9.17) is 5.11 Å². The van der Waals surface area contributed by atoms with Crippen molar-refractivity contribution in [3.05, 3.63) is 0 Å². The summed E-state index contributed by atoms with van der Waals surface area (Å²) in [6.07, 6.45) is 0.773. The first kappa shape index (κ1) is 12.6. The average Bonchev–Trinajstić information content (AvgIpc) is 1.63. The SMILES string of the molecule is CC(C)CC(C)C(=O)O.[Cu]. The van der Waals surface area contributed by atoms with Gasteiger partial charge in [-0.1, -0.05) is 20.8 Å². The van der Waals surface area contributed by atoms with Crippen LogP contribution in [0.5, 0.6) is 0 Å². The molecule has 0 spiro atoms. The fraction of sp³-hybridized carbons (Fsp3) is 0.857. The van der Waals surface area contributed by atoms with Gasteiger partial charge in [-0.25, -0.2) is 0 Å². The molecule has 0 fully saturated rings. The summed E-state index contributed by atoms with van der Waals surface area (Å²) in [6.45, 7) is 5.79. The average molecular weight is 194 g/mol. The number of carboxylic acids is 1. The van der Waals surface area contributed by atoms with Crippen molar-refractivity contribution in [3.63, 3.8) is 0 Å². The first-order valence-corrected chi connectivity index (χ1v) is 3.26. The van der Waals surface area contributed by atoms with Crippen molar-refractivity contribution in [3.8, 4) is 0 Å². The fourth-order valence-electron chi connectivity index (χ4n) is 0.808. The van der Waals surface area contributed by atoms with Crippen molar-refractivity contribution >= 4 is 5.97 Å². The van der Waals surface area contributed by atoms with E-state index in [0.29, 0.717) is 5.92 Å². The Kier molecular flexibility index (Phi) is 7.27. The molecule has 0 aromatic heterocycles. The predicted octanol–water partition coefficient (Wildman–Crippen LogP) is 1.75. The largest absolute Gasteiger partial charge is 0.481 e. The normalized spacial score (nSPS) is 12.4. The first-order valence-electron chi connectivity index (χ1n) is 3.26. The molecule has 1 unspecified atom stereocenters. The summed E-state index contributed by atoms with van der Waals surface area (Å²) in [5.41, 5.74) is 0. The van der Waals surface area contributed by atoms with E-state index in [1.807, 2.05) is 13.8 Å². The standard InChI is InChI=1S/C7H14O2.Cu/c1-5(2)4-6(3)7(8)9;/h5-6H,4H2,1-3H3,(H,8,9);. The van der Waals surface area contributed by atoms with Crippen LogP contribution in [0.4, 0.5) is 0 Å². The Bertz CT molecular complexity index is 102. The molecule has 0 amide bonds. The van der Waals surface area contributed by atoms with E-state index in [1.165, 1.54) is 0 Å². The Labute approximate surface area is 72.5 Å². The molecule has 3 heteroatoms. The van der Waals surface area contributed by atoms with Gasteiger partial charge in [-0.15, -0.1) is 0 Å². The molecule has 0 aromatic carbocycles.